The Kier molecular flexibility index (Phi) is 1.45. The second-order valence-electron chi connectivity index (χ2n) is 4.66. The summed E-state index contributed by atoms with van der Waals surface area (Å²) < 4.78 is 0. The van der Waals surface area contributed by atoms with Gasteiger partial charge in [-0.2, -0.15) is 0 Å². The van der Waals surface area contributed by atoms with E-state index >= 15 is 0 Å². The number of hydrogen-bond acceptors (Lipinski definition) is 0. The van der Waals surface area contributed by atoms with Gasteiger partial charge in [0, 0.05) is 8.80 Å². The molecule has 0 atom stereocenters. The molecule has 0 aromatic rings. The fourth-order valence-corrected chi connectivity index (χ4v) is 5.34. The number of hydrogen-bond donors (Lipinski definition) is 0. The molecule has 2 aliphatic rings. The minimum absolute atomic E-state index is 0.317. The largest absolute Gasteiger partial charge is 0.0718 e. The Morgan fingerprint density at radius 3 is 2.00 bits per heavy atom. The molecule has 2 bridgehead atoms. The van der Waals surface area contributed by atoms with E-state index in [1.165, 1.54) is 0 Å². The summed E-state index contributed by atoms with van der Waals surface area (Å²) in [5.74, 6) is 1.16. The van der Waals surface area contributed by atoms with Gasteiger partial charge in [-0.15, -0.1) is 0 Å². The average molecular weight is 154 g/mol. The molecule has 10 heavy (non-hydrogen) atoms. The lowest BCUT2D eigenvalue weighted by atomic mass is 10.0. The van der Waals surface area contributed by atoms with Crippen molar-refractivity contribution in [2.45, 2.75) is 50.2 Å². The smallest absolute Gasteiger partial charge is 0.0372 e. The maximum Gasteiger partial charge on any atom is 0.0372 e. The third-order valence-electron chi connectivity index (χ3n) is 4.02. The fraction of sp³-hybridized carbons (Fsp3) is 1.00. The predicted molar refractivity (Wildman–Crippen MR) is 48.1 cm³/mol. The van der Waals surface area contributed by atoms with Crippen molar-refractivity contribution >= 4 is 8.80 Å². The van der Waals surface area contributed by atoms with Gasteiger partial charge in [-0.05, 0) is 30.2 Å². The van der Waals surface area contributed by atoms with Crippen molar-refractivity contribution < 1.29 is 0 Å². The highest BCUT2D eigenvalue weighted by Gasteiger charge is 2.46. The molecule has 0 aliphatic heterocycles. The Labute approximate surface area is 65.6 Å². The molecule has 0 heterocycles. The summed E-state index contributed by atoms with van der Waals surface area (Å²) in [6.07, 6.45) is 7.97. The molecule has 0 radical (unpaired) electrons. The summed E-state index contributed by atoms with van der Waals surface area (Å²) in [5, 5.41) is 0.949. The third kappa shape index (κ3) is 0.794. The van der Waals surface area contributed by atoms with Crippen LogP contribution in [0.1, 0.15) is 32.1 Å². The zero-order valence-electron chi connectivity index (χ0n) is 7.19. The van der Waals surface area contributed by atoms with Gasteiger partial charge in [-0.3, -0.25) is 0 Å². The highest BCUT2D eigenvalue weighted by Crippen LogP contribution is 2.60. The van der Waals surface area contributed by atoms with E-state index in [0.29, 0.717) is 0 Å². The lowest BCUT2D eigenvalue weighted by Gasteiger charge is -2.29. The first-order valence-corrected chi connectivity index (χ1v) is 7.62. The third-order valence-corrected chi connectivity index (χ3v) is 7.28. The molecule has 2 aliphatic carbocycles. The van der Waals surface area contributed by atoms with Gasteiger partial charge in [-0.25, -0.2) is 0 Å². The van der Waals surface area contributed by atoms with Gasteiger partial charge in [0.05, 0.1) is 0 Å². The van der Waals surface area contributed by atoms with Crippen molar-refractivity contribution in [3.8, 4) is 0 Å². The zero-order chi connectivity index (χ0) is 7.19. The monoisotopic (exact) mass is 154 g/mol. The Morgan fingerprint density at radius 1 is 1.20 bits per heavy atom. The van der Waals surface area contributed by atoms with E-state index in [2.05, 4.69) is 13.1 Å². The van der Waals surface area contributed by atoms with Crippen LogP contribution in [-0.4, -0.2) is 8.80 Å². The lowest BCUT2D eigenvalue weighted by Crippen LogP contribution is -2.22. The van der Waals surface area contributed by atoms with Crippen molar-refractivity contribution in [3.05, 3.63) is 0 Å². The fourth-order valence-electron chi connectivity index (χ4n) is 3.05. The van der Waals surface area contributed by atoms with Crippen LogP contribution in [0.4, 0.5) is 0 Å². The van der Waals surface area contributed by atoms with Crippen LogP contribution < -0.4 is 0 Å². The zero-order valence-corrected chi connectivity index (χ0v) is 8.34. The SMILES string of the molecule is C[SiH](C)C12CCC(CC1)C2. The first kappa shape index (κ1) is 6.90. The summed E-state index contributed by atoms with van der Waals surface area (Å²) in [6.45, 7) is 5.10. The first-order chi connectivity index (χ1) is 4.73. The summed E-state index contributed by atoms with van der Waals surface area (Å²) >= 11 is 0. The van der Waals surface area contributed by atoms with Crippen molar-refractivity contribution in [2.24, 2.45) is 5.92 Å². The van der Waals surface area contributed by atoms with Gasteiger partial charge >= 0.3 is 0 Å². The molecule has 2 fully saturated rings. The van der Waals surface area contributed by atoms with Crippen LogP contribution in [0.2, 0.25) is 18.1 Å². The van der Waals surface area contributed by atoms with Crippen molar-refractivity contribution in [1.82, 2.24) is 0 Å². The van der Waals surface area contributed by atoms with Crippen LogP contribution >= 0.6 is 0 Å². The molecule has 2 rings (SSSR count). The van der Waals surface area contributed by atoms with Crippen LogP contribution in [0.25, 0.3) is 0 Å². The van der Waals surface area contributed by atoms with Gasteiger partial charge in [0.15, 0.2) is 0 Å². The molecule has 0 saturated heterocycles. The van der Waals surface area contributed by atoms with Crippen LogP contribution in [0.3, 0.4) is 0 Å². The molecular formula is C9H18Si. The molecule has 0 aromatic carbocycles. The summed E-state index contributed by atoms with van der Waals surface area (Å²) in [4.78, 5) is 0. The molecule has 0 aromatic heterocycles. The highest BCUT2D eigenvalue weighted by molar-refractivity contribution is 6.59. The van der Waals surface area contributed by atoms with E-state index in [-0.39, 0.29) is 8.80 Å². The first-order valence-electron chi connectivity index (χ1n) is 4.73. The van der Waals surface area contributed by atoms with E-state index in [0.717, 1.165) is 11.0 Å². The second-order valence-corrected chi connectivity index (χ2v) is 8.20. The molecule has 58 valence electrons. The van der Waals surface area contributed by atoms with Crippen molar-refractivity contribution in [2.75, 3.05) is 0 Å². The highest BCUT2D eigenvalue weighted by atomic mass is 28.3. The van der Waals surface area contributed by atoms with Crippen molar-refractivity contribution in [3.63, 3.8) is 0 Å². The molecular weight excluding hydrogens is 136 g/mol. The molecule has 0 nitrogen and oxygen atoms in total. The topological polar surface area (TPSA) is 0 Å². The summed E-state index contributed by atoms with van der Waals surface area (Å²) in [6, 6.07) is 0. The van der Waals surface area contributed by atoms with E-state index in [4.69, 9.17) is 0 Å². The normalized spacial score (nSPS) is 45.3. The summed E-state index contributed by atoms with van der Waals surface area (Å²) in [7, 11) is -0.317. The summed E-state index contributed by atoms with van der Waals surface area (Å²) in [5.41, 5.74) is 0. The molecule has 0 N–H and O–H groups in total. The molecule has 0 unspecified atom stereocenters. The molecule has 0 spiro atoms. The van der Waals surface area contributed by atoms with Crippen LogP contribution in [0.15, 0.2) is 0 Å². The van der Waals surface area contributed by atoms with Gasteiger partial charge in [0.25, 0.3) is 0 Å². The van der Waals surface area contributed by atoms with E-state index in [1.54, 1.807) is 32.1 Å². The Morgan fingerprint density at radius 2 is 1.80 bits per heavy atom. The van der Waals surface area contributed by atoms with Gasteiger partial charge in [0.1, 0.15) is 0 Å². The standard InChI is InChI=1S/C9H18Si/c1-10(2)9-5-3-8(7-9)4-6-9/h8,10H,3-7H2,1-2H3. The Hall–Kier alpha value is 0.217. The predicted octanol–water partition coefficient (Wildman–Crippen LogP) is 2.81. The van der Waals surface area contributed by atoms with Crippen molar-refractivity contribution in [1.29, 1.82) is 0 Å². The van der Waals surface area contributed by atoms with Crippen LogP contribution in [0.5, 0.6) is 0 Å². The molecule has 1 heteroatoms. The van der Waals surface area contributed by atoms with Gasteiger partial charge in [0.2, 0.25) is 0 Å². The quantitative estimate of drug-likeness (QED) is 0.509. The lowest BCUT2D eigenvalue weighted by molar-refractivity contribution is 0.485. The van der Waals surface area contributed by atoms with Gasteiger partial charge in [-0.1, -0.05) is 25.9 Å². The number of rotatable bonds is 1. The minimum Gasteiger partial charge on any atom is -0.0718 e. The maximum absolute atomic E-state index is 2.55. The van der Waals surface area contributed by atoms with Gasteiger partial charge < -0.3 is 0 Å². The molecule has 2 saturated carbocycles. The van der Waals surface area contributed by atoms with Crippen LogP contribution in [0, 0.1) is 5.92 Å². The maximum atomic E-state index is 2.55. The second kappa shape index (κ2) is 2.10. The Balaban J connectivity index is 2.15. The van der Waals surface area contributed by atoms with Crippen LogP contribution in [-0.2, 0) is 0 Å². The average Bonchev–Trinajstić information content (AvgIpc) is 2.45. The number of fused-ring (bicyclic) bond motifs is 2. The Bertz CT molecular complexity index is 132. The minimum atomic E-state index is -0.317. The molecule has 0 amide bonds. The van der Waals surface area contributed by atoms with E-state index in [1.807, 2.05) is 0 Å². The van der Waals surface area contributed by atoms with E-state index < -0.39 is 0 Å². The van der Waals surface area contributed by atoms with E-state index in [9.17, 15) is 0 Å².